The van der Waals surface area contributed by atoms with Gasteiger partial charge in [-0.25, -0.2) is 8.42 Å². The normalized spacial score (nSPS) is 19.2. The summed E-state index contributed by atoms with van der Waals surface area (Å²) in [6.45, 7) is 4.53. The van der Waals surface area contributed by atoms with Gasteiger partial charge >= 0.3 is 0 Å². The number of ether oxygens (including phenoxy) is 2. The lowest BCUT2D eigenvalue weighted by Crippen LogP contribution is -2.39. The second kappa shape index (κ2) is 12.1. The average Bonchev–Trinajstić information content (AvgIpc) is 2.75. The third-order valence-electron chi connectivity index (χ3n) is 6.62. The van der Waals surface area contributed by atoms with Crippen LogP contribution in [-0.2, 0) is 19.6 Å². The second-order valence-electron chi connectivity index (χ2n) is 9.38. The van der Waals surface area contributed by atoms with Crippen molar-refractivity contribution in [2.24, 2.45) is 5.92 Å². The lowest BCUT2D eigenvalue weighted by molar-refractivity contribution is -0.135. The summed E-state index contributed by atoms with van der Waals surface area (Å²) in [5.74, 6) is 1.09. The second-order valence-corrected chi connectivity index (χ2v) is 11.4. The molecule has 0 radical (unpaired) electrons. The Morgan fingerprint density at radius 1 is 1.03 bits per heavy atom. The first kappa shape index (κ1) is 27.6. The first-order valence-electron chi connectivity index (χ1n) is 11.6. The summed E-state index contributed by atoms with van der Waals surface area (Å²) in [5.41, 5.74) is 1.27. The number of benzene rings is 1. The van der Waals surface area contributed by atoms with Gasteiger partial charge < -0.3 is 19.3 Å². The Morgan fingerprint density at radius 2 is 1.61 bits per heavy atom. The zero-order valence-corrected chi connectivity index (χ0v) is 22.1. The van der Waals surface area contributed by atoms with E-state index in [2.05, 4.69) is 19.0 Å². The van der Waals surface area contributed by atoms with E-state index in [1.807, 2.05) is 7.05 Å². The van der Waals surface area contributed by atoms with Crippen molar-refractivity contribution in [3.8, 4) is 5.75 Å². The van der Waals surface area contributed by atoms with E-state index in [0.717, 1.165) is 19.4 Å². The first-order valence-corrected chi connectivity index (χ1v) is 13.0. The summed E-state index contributed by atoms with van der Waals surface area (Å²) in [4.78, 5) is 16.8. The molecule has 0 heterocycles. The molecule has 9 heteroatoms. The molecule has 1 aliphatic carbocycles. The number of hydrogen-bond donors (Lipinski definition) is 0. The van der Waals surface area contributed by atoms with Crippen LogP contribution in [0.4, 0.5) is 0 Å². The molecule has 33 heavy (non-hydrogen) atoms. The summed E-state index contributed by atoms with van der Waals surface area (Å²) >= 11 is 0. The highest BCUT2D eigenvalue weighted by molar-refractivity contribution is 7.89. The summed E-state index contributed by atoms with van der Waals surface area (Å²) in [6, 6.07) is 4.07. The SMILES string of the molecule is COc1cc(C)c(S(=O)(=O)N(C)CCOCC(=O)N(C)CC2CCC(N(C)C)CC2)c(C)c1. The minimum absolute atomic E-state index is 0.0436. The summed E-state index contributed by atoms with van der Waals surface area (Å²) in [6.07, 6.45) is 4.61. The van der Waals surface area contributed by atoms with Crippen molar-refractivity contribution in [1.82, 2.24) is 14.1 Å². The van der Waals surface area contributed by atoms with Gasteiger partial charge in [0.15, 0.2) is 0 Å². The molecule has 1 fully saturated rings. The topological polar surface area (TPSA) is 79.4 Å². The molecule has 0 spiro atoms. The van der Waals surface area contributed by atoms with Crippen molar-refractivity contribution < 1.29 is 22.7 Å². The van der Waals surface area contributed by atoms with Crippen LogP contribution in [0.3, 0.4) is 0 Å². The molecule has 0 aromatic heterocycles. The van der Waals surface area contributed by atoms with Gasteiger partial charge in [-0.1, -0.05) is 0 Å². The van der Waals surface area contributed by atoms with E-state index in [0.29, 0.717) is 28.8 Å². The van der Waals surface area contributed by atoms with Crippen molar-refractivity contribution >= 4 is 15.9 Å². The molecule has 0 unspecified atom stereocenters. The molecular formula is C24H41N3O5S. The van der Waals surface area contributed by atoms with E-state index < -0.39 is 10.0 Å². The highest BCUT2D eigenvalue weighted by atomic mass is 32.2. The Morgan fingerprint density at radius 3 is 2.12 bits per heavy atom. The Bertz CT molecular complexity index is 872. The fraction of sp³-hybridized carbons (Fsp3) is 0.708. The molecule has 2 rings (SSSR count). The minimum atomic E-state index is -3.67. The van der Waals surface area contributed by atoms with Gasteiger partial charge in [-0.2, -0.15) is 4.31 Å². The quantitative estimate of drug-likeness (QED) is 0.450. The standard InChI is InChI=1S/C24H41N3O5S/c1-18-14-22(31-7)15-19(2)24(18)33(29,30)27(6)12-13-32-17-23(28)26(5)16-20-8-10-21(11-9-20)25(3)4/h14-15,20-21H,8-13,16-17H2,1-7H3. The van der Waals surface area contributed by atoms with Gasteiger partial charge in [0.2, 0.25) is 15.9 Å². The predicted octanol–water partition coefficient (Wildman–Crippen LogP) is 2.53. The Hall–Kier alpha value is -1.68. The average molecular weight is 484 g/mol. The fourth-order valence-electron chi connectivity index (χ4n) is 4.51. The maximum atomic E-state index is 13.0. The number of hydrogen-bond acceptors (Lipinski definition) is 6. The van der Waals surface area contributed by atoms with Crippen LogP contribution >= 0.6 is 0 Å². The molecule has 1 aromatic carbocycles. The van der Waals surface area contributed by atoms with Crippen LogP contribution in [0.5, 0.6) is 5.75 Å². The molecule has 0 N–H and O–H groups in total. The molecule has 1 aromatic rings. The smallest absolute Gasteiger partial charge is 0.248 e. The van der Waals surface area contributed by atoms with Crippen molar-refractivity contribution in [3.63, 3.8) is 0 Å². The van der Waals surface area contributed by atoms with Gasteiger partial charge in [0.1, 0.15) is 12.4 Å². The van der Waals surface area contributed by atoms with Crippen LogP contribution in [0.25, 0.3) is 0 Å². The van der Waals surface area contributed by atoms with Gasteiger partial charge in [0.05, 0.1) is 18.6 Å². The number of sulfonamides is 1. The summed E-state index contributed by atoms with van der Waals surface area (Å²) in [5, 5.41) is 0. The van der Waals surface area contributed by atoms with Crippen molar-refractivity contribution in [1.29, 1.82) is 0 Å². The fourth-order valence-corrected chi connectivity index (χ4v) is 6.07. The van der Waals surface area contributed by atoms with Crippen LogP contribution in [0.15, 0.2) is 17.0 Å². The number of carbonyl (C=O) groups excluding carboxylic acids is 1. The zero-order chi connectivity index (χ0) is 24.8. The predicted molar refractivity (Wildman–Crippen MR) is 130 cm³/mol. The highest BCUT2D eigenvalue weighted by Crippen LogP contribution is 2.28. The number of amides is 1. The van der Waals surface area contributed by atoms with Crippen molar-refractivity contribution in [2.75, 3.05) is 61.6 Å². The Kier molecular flexibility index (Phi) is 10.1. The number of rotatable bonds is 11. The van der Waals surface area contributed by atoms with Gasteiger partial charge in [-0.3, -0.25) is 4.79 Å². The van der Waals surface area contributed by atoms with E-state index in [1.54, 1.807) is 38.0 Å². The lowest BCUT2D eigenvalue weighted by atomic mass is 9.85. The van der Waals surface area contributed by atoms with Crippen LogP contribution < -0.4 is 4.74 Å². The largest absolute Gasteiger partial charge is 0.497 e. The van der Waals surface area contributed by atoms with E-state index in [-0.39, 0.29) is 30.6 Å². The molecule has 1 amide bonds. The molecular weight excluding hydrogens is 442 g/mol. The van der Waals surface area contributed by atoms with Gasteiger partial charge in [0, 0.05) is 33.2 Å². The van der Waals surface area contributed by atoms with E-state index >= 15 is 0 Å². The third-order valence-corrected chi connectivity index (χ3v) is 8.78. The first-order chi connectivity index (χ1) is 15.5. The highest BCUT2D eigenvalue weighted by Gasteiger charge is 2.26. The summed E-state index contributed by atoms with van der Waals surface area (Å²) < 4.78 is 38.1. The monoisotopic (exact) mass is 483 g/mol. The van der Waals surface area contributed by atoms with E-state index in [4.69, 9.17) is 9.47 Å². The van der Waals surface area contributed by atoms with Crippen molar-refractivity contribution in [3.05, 3.63) is 23.3 Å². The lowest BCUT2D eigenvalue weighted by Gasteiger charge is -2.34. The number of carbonyl (C=O) groups is 1. The van der Waals surface area contributed by atoms with Gasteiger partial charge in [-0.15, -0.1) is 0 Å². The Labute approximate surface area is 199 Å². The third kappa shape index (κ3) is 7.40. The number of methoxy groups -OCH3 is 1. The number of likely N-dealkylation sites (N-methyl/N-ethyl adjacent to an activating group) is 2. The molecule has 0 bridgehead atoms. The van der Waals surface area contributed by atoms with Crippen LogP contribution in [0, 0.1) is 19.8 Å². The number of aryl methyl sites for hydroxylation is 2. The molecule has 0 aliphatic heterocycles. The molecule has 188 valence electrons. The molecule has 0 atom stereocenters. The van der Waals surface area contributed by atoms with Crippen LogP contribution in [0.1, 0.15) is 36.8 Å². The van der Waals surface area contributed by atoms with Gasteiger partial charge in [-0.05, 0) is 82.8 Å². The Balaban J connectivity index is 1.79. The zero-order valence-electron chi connectivity index (χ0n) is 21.3. The molecule has 8 nitrogen and oxygen atoms in total. The molecule has 1 saturated carbocycles. The van der Waals surface area contributed by atoms with Crippen LogP contribution in [-0.4, -0.2) is 96.1 Å². The summed E-state index contributed by atoms with van der Waals surface area (Å²) in [7, 11) is 5.48. The van der Waals surface area contributed by atoms with E-state index in [1.165, 1.54) is 24.2 Å². The van der Waals surface area contributed by atoms with E-state index in [9.17, 15) is 13.2 Å². The number of nitrogens with zero attached hydrogens (tertiary/aromatic N) is 3. The molecule has 1 aliphatic rings. The van der Waals surface area contributed by atoms with Gasteiger partial charge in [0.25, 0.3) is 0 Å². The minimum Gasteiger partial charge on any atom is -0.497 e. The van der Waals surface area contributed by atoms with Crippen molar-refractivity contribution in [2.45, 2.75) is 50.5 Å². The maximum Gasteiger partial charge on any atom is 0.248 e. The maximum absolute atomic E-state index is 13.0. The van der Waals surface area contributed by atoms with Crippen LogP contribution in [0.2, 0.25) is 0 Å². The molecule has 0 saturated heterocycles.